The molecule has 0 aliphatic carbocycles. The highest BCUT2D eigenvalue weighted by atomic mass is 19.1. The number of methoxy groups -OCH3 is 1. The highest BCUT2D eigenvalue weighted by Crippen LogP contribution is 2.33. The molecule has 1 heterocycles. The van der Waals surface area contributed by atoms with Gasteiger partial charge >= 0.3 is 5.63 Å². The van der Waals surface area contributed by atoms with Gasteiger partial charge in [0.25, 0.3) is 0 Å². The largest absolute Gasteiger partial charge is 0.507 e. The van der Waals surface area contributed by atoms with Crippen molar-refractivity contribution in [2.45, 2.75) is 19.3 Å². The molecule has 30 heavy (non-hydrogen) atoms. The summed E-state index contributed by atoms with van der Waals surface area (Å²) in [6.45, 7) is 1.51. The number of hydrogen-bond donors (Lipinski definition) is 2. The molecule has 0 aliphatic rings. The molecule has 1 atom stereocenters. The number of hydrogen-bond acceptors (Lipinski definition) is 5. The number of benzene rings is 2. The maximum atomic E-state index is 13.9. The van der Waals surface area contributed by atoms with Gasteiger partial charge in [0.15, 0.2) is 0 Å². The maximum absolute atomic E-state index is 13.9. The van der Waals surface area contributed by atoms with E-state index in [9.17, 15) is 23.5 Å². The second kappa shape index (κ2) is 8.77. The molecule has 1 unspecified atom stereocenters. The van der Waals surface area contributed by atoms with Crippen molar-refractivity contribution in [3.05, 3.63) is 87.5 Å². The Hall–Kier alpha value is -3.68. The van der Waals surface area contributed by atoms with E-state index in [4.69, 9.17) is 9.15 Å². The van der Waals surface area contributed by atoms with Gasteiger partial charge in [-0.1, -0.05) is 12.1 Å². The minimum atomic E-state index is -0.929. The third kappa shape index (κ3) is 4.65. The molecule has 3 aromatic rings. The van der Waals surface area contributed by atoms with E-state index in [-0.39, 0.29) is 29.2 Å². The lowest BCUT2D eigenvalue weighted by atomic mass is 9.88. The van der Waals surface area contributed by atoms with Crippen LogP contribution in [0.1, 0.15) is 29.2 Å². The van der Waals surface area contributed by atoms with Gasteiger partial charge in [-0.3, -0.25) is 4.79 Å². The number of carbonyl (C=O) groups excluding carboxylic acids is 1. The number of halogens is 2. The molecule has 0 saturated heterocycles. The minimum Gasteiger partial charge on any atom is -0.507 e. The predicted molar refractivity (Wildman–Crippen MR) is 106 cm³/mol. The monoisotopic (exact) mass is 415 g/mol. The van der Waals surface area contributed by atoms with Gasteiger partial charge in [-0.05, 0) is 36.8 Å². The predicted octanol–water partition coefficient (Wildman–Crippen LogP) is 4.10. The molecule has 1 amide bonds. The summed E-state index contributed by atoms with van der Waals surface area (Å²) in [6.07, 6.45) is -0.301. The van der Waals surface area contributed by atoms with Crippen LogP contribution in [0.3, 0.4) is 0 Å². The SMILES string of the molecule is COc1ccc(C(CC(=O)Nc2ccc(F)cc2F)c2c(O)cc(C)oc2=O)cc1. The van der Waals surface area contributed by atoms with E-state index in [1.807, 2.05) is 0 Å². The van der Waals surface area contributed by atoms with Gasteiger partial charge in [0.05, 0.1) is 18.4 Å². The number of amides is 1. The fourth-order valence-corrected chi connectivity index (χ4v) is 3.13. The van der Waals surface area contributed by atoms with Crippen molar-refractivity contribution in [3.63, 3.8) is 0 Å². The Kier molecular flexibility index (Phi) is 6.15. The molecular formula is C22H19F2NO5. The summed E-state index contributed by atoms with van der Waals surface area (Å²) < 4.78 is 37.2. The summed E-state index contributed by atoms with van der Waals surface area (Å²) in [6, 6.07) is 10.6. The number of aryl methyl sites for hydroxylation is 1. The summed E-state index contributed by atoms with van der Waals surface area (Å²) >= 11 is 0. The lowest BCUT2D eigenvalue weighted by Gasteiger charge is -2.18. The first-order valence-corrected chi connectivity index (χ1v) is 9.01. The first kappa shape index (κ1) is 21.0. The molecule has 0 saturated carbocycles. The van der Waals surface area contributed by atoms with Crippen LogP contribution in [0.25, 0.3) is 0 Å². The molecule has 156 valence electrons. The van der Waals surface area contributed by atoms with E-state index in [0.717, 1.165) is 12.1 Å². The van der Waals surface area contributed by atoms with Gasteiger partial charge in [-0.2, -0.15) is 0 Å². The van der Waals surface area contributed by atoms with Crippen LogP contribution >= 0.6 is 0 Å². The van der Waals surface area contributed by atoms with Crippen LogP contribution < -0.4 is 15.7 Å². The van der Waals surface area contributed by atoms with Gasteiger partial charge < -0.3 is 19.6 Å². The maximum Gasteiger partial charge on any atom is 0.343 e. The van der Waals surface area contributed by atoms with Crippen molar-refractivity contribution in [1.29, 1.82) is 0 Å². The molecular weight excluding hydrogens is 396 g/mol. The summed E-state index contributed by atoms with van der Waals surface area (Å²) in [5.41, 5.74) is -0.540. The molecule has 2 N–H and O–H groups in total. The Bertz CT molecular complexity index is 1130. The first-order chi connectivity index (χ1) is 14.3. The fourth-order valence-electron chi connectivity index (χ4n) is 3.13. The van der Waals surface area contributed by atoms with Crippen LogP contribution in [0.15, 0.2) is 57.7 Å². The zero-order valence-electron chi connectivity index (χ0n) is 16.2. The number of anilines is 1. The van der Waals surface area contributed by atoms with E-state index in [0.29, 0.717) is 17.4 Å². The fraction of sp³-hybridized carbons (Fsp3) is 0.182. The minimum absolute atomic E-state index is 0.0968. The highest BCUT2D eigenvalue weighted by Gasteiger charge is 2.26. The molecule has 3 rings (SSSR count). The van der Waals surface area contributed by atoms with Crippen molar-refractivity contribution in [3.8, 4) is 11.5 Å². The van der Waals surface area contributed by atoms with E-state index in [1.165, 1.54) is 20.1 Å². The third-order valence-electron chi connectivity index (χ3n) is 4.55. The van der Waals surface area contributed by atoms with Gasteiger partial charge in [0.2, 0.25) is 5.91 Å². The van der Waals surface area contributed by atoms with Crippen LogP contribution in [0.2, 0.25) is 0 Å². The number of ether oxygens (including phenoxy) is 1. The zero-order valence-corrected chi connectivity index (χ0v) is 16.2. The molecule has 8 heteroatoms. The van der Waals surface area contributed by atoms with E-state index in [2.05, 4.69) is 5.32 Å². The Labute approximate surface area is 170 Å². The Morgan fingerprint density at radius 3 is 2.47 bits per heavy atom. The van der Waals surface area contributed by atoms with E-state index >= 15 is 0 Å². The Morgan fingerprint density at radius 1 is 1.17 bits per heavy atom. The topological polar surface area (TPSA) is 88.8 Å². The molecule has 0 aliphatic heterocycles. The average molecular weight is 415 g/mol. The summed E-state index contributed by atoms with van der Waals surface area (Å²) in [5, 5.41) is 12.7. The molecule has 0 spiro atoms. The molecule has 2 aromatic carbocycles. The molecule has 6 nitrogen and oxygen atoms in total. The highest BCUT2D eigenvalue weighted by molar-refractivity contribution is 5.91. The number of nitrogens with one attached hydrogen (secondary N) is 1. The summed E-state index contributed by atoms with van der Waals surface area (Å²) in [4.78, 5) is 25.1. The van der Waals surface area contributed by atoms with E-state index in [1.54, 1.807) is 24.3 Å². The van der Waals surface area contributed by atoms with Gasteiger partial charge in [0.1, 0.15) is 28.9 Å². The Morgan fingerprint density at radius 2 is 1.87 bits per heavy atom. The first-order valence-electron chi connectivity index (χ1n) is 9.01. The second-order valence-corrected chi connectivity index (χ2v) is 6.65. The normalized spacial score (nSPS) is 11.7. The third-order valence-corrected chi connectivity index (χ3v) is 4.55. The number of aromatic hydroxyl groups is 1. The standard InChI is InChI=1S/C22H19F2NO5/c1-12-9-19(26)21(22(28)30-12)16(13-3-6-15(29-2)7-4-13)11-20(27)25-18-8-5-14(23)10-17(18)24/h3-10,16,26H,11H2,1-2H3,(H,25,27). The van der Waals surface area contributed by atoms with E-state index < -0.39 is 29.1 Å². The van der Waals surface area contributed by atoms with Crippen molar-refractivity contribution in [1.82, 2.24) is 0 Å². The van der Waals surface area contributed by atoms with Crippen LogP contribution in [0, 0.1) is 18.6 Å². The van der Waals surface area contributed by atoms with Crippen LogP contribution in [0.4, 0.5) is 14.5 Å². The smallest absolute Gasteiger partial charge is 0.343 e. The van der Waals surface area contributed by atoms with Crippen molar-refractivity contribution >= 4 is 11.6 Å². The number of rotatable bonds is 6. The lowest BCUT2D eigenvalue weighted by molar-refractivity contribution is -0.116. The molecule has 0 bridgehead atoms. The quantitative estimate of drug-likeness (QED) is 0.633. The molecule has 0 fully saturated rings. The van der Waals surface area contributed by atoms with Crippen molar-refractivity contribution in [2.75, 3.05) is 12.4 Å². The summed E-state index contributed by atoms with van der Waals surface area (Å²) in [7, 11) is 1.50. The van der Waals surface area contributed by atoms with Crippen LogP contribution in [-0.4, -0.2) is 18.1 Å². The van der Waals surface area contributed by atoms with Gasteiger partial charge in [-0.15, -0.1) is 0 Å². The van der Waals surface area contributed by atoms with Crippen LogP contribution in [0.5, 0.6) is 11.5 Å². The average Bonchev–Trinajstić information content (AvgIpc) is 2.69. The number of carbonyl (C=O) groups is 1. The van der Waals surface area contributed by atoms with Crippen LogP contribution in [-0.2, 0) is 4.79 Å². The Balaban J connectivity index is 1.97. The second-order valence-electron chi connectivity index (χ2n) is 6.65. The van der Waals surface area contributed by atoms with Gasteiger partial charge in [0, 0.05) is 24.5 Å². The molecule has 1 aromatic heterocycles. The lowest BCUT2D eigenvalue weighted by Crippen LogP contribution is -2.21. The van der Waals surface area contributed by atoms with Crippen molar-refractivity contribution in [2.24, 2.45) is 0 Å². The zero-order chi connectivity index (χ0) is 21.8. The summed E-state index contributed by atoms with van der Waals surface area (Å²) in [5.74, 6) is -2.75. The van der Waals surface area contributed by atoms with Gasteiger partial charge in [-0.25, -0.2) is 13.6 Å². The molecule has 0 radical (unpaired) electrons. The van der Waals surface area contributed by atoms with Crippen molar-refractivity contribution < 1.29 is 27.8 Å².